The van der Waals surface area contributed by atoms with Gasteiger partial charge in [0, 0.05) is 19.1 Å². The van der Waals surface area contributed by atoms with Crippen LogP contribution in [0.1, 0.15) is 52.9 Å². The summed E-state index contributed by atoms with van der Waals surface area (Å²) in [7, 11) is 0. The van der Waals surface area contributed by atoms with Gasteiger partial charge in [-0.1, -0.05) is 26.7 Å². The molecule has 3 nitrogen and oxygen atoms in total. The molecular formula is C14H28N2O. The van der Waals surface area contributed by atoms with E-state index in [4.69, 9.17) is 0 Å². The fourth-order valence-electron chi connectivity index (χ4n) is 2.67. The van der Waals surface area contributed by atoms with Gasteiger partial charge in [-0.05, 0) is 32.1 Å². The fraction of sp³-hybridized carbons (Fsp3) is 0.929. The van der Waals surface area contributed by atoms with E-state index in [2.05, 4.69) is 26.1 Å². The maximum atomic E-state index is 12.0. The van der Waals surface area contributed by atoms with Crippen molar-refractivity contribution >= 4 is 5.91 Å². The van der Waals surface area contributed by atoms with Gasteiger partial charge in [-0.25, -0.2) is 0 Å². The Balaban J connectivity index is 2.26. The van der Waals surface area contributed by atoms with Crippen LogP contribution < -0.4 is 5.32 Å². The number of nitrogens with one attached hydrogen (secondary N) is 1. The molecule has 1 atom stereocenters. The quantitative estimate of drug-likeness (QED) is 0.773. The lowest BCUT2D eigenvalue weighted by Gasteiger charge is -2.28. The van der Waals surface area contributed by atoms with Crippen molar-refractivity contribution < 1.29 is 4.79 Å². The van der Waals surface area contributed by atoms with Gasteiger partial charge in [0.1, 0.15) is 0 Å². The van der Waals surface area contributed by atoms with Crippen molar-refractivity contribution in [3.8, 4) is 0 Å². The summed E-state index contributed by atoms with van der Waals surface area (Å²) in [5.74, 6) is 0.965. The van der Waals surface area contributed by atoms with Crippen molar-refractivity contribution in [2.75, 3.05) is 19.6 Å². The van der Waals surface area contributed by atoms with E-state index < -0.39 is 0 Å². The fourth-order valence-corrected chi connectivity index (χ4v) is 2.67. The van der Waals surface area contributed by atoms with E-state index in [1.807, 2.05) is 4.90 Å². The highest BCUT2D eigenvalue weighted by Crippen LogP contribution is 2.13. The molecule has 1 aliphatic heterocycles. The molecule has 0 radical (unpaired) electrons. The zero-order chi connectivity index (χ0) is 12.7. The molecule has 1 N–H and O–H groups in total. The van der Waals surface area contributed by atoms with Gasteiger partial charge in [-0.3, -0.25) is 4.79 Å². The molecular weight excluding hydrogens is 212 g/mol. The van der Waals surface area contributed by atoms with Crippen molar-refractivity contribution in [2.45, 2.75) is 58.9 Å². The second-order valence-corrected chi connectivity index (χ2v) is 5.19. The van der Waals surface area contributed by atoms with E-state index in [-0.39, 0.29) is 5.91 Å². The summed E-state index contributed by atoms with van der Waals surface area (Å²) in [5.41, 5.74) is 0. The van der Waals surface area contributed by atoms with Crippen LogP contribution in [0.2, 0.25) is 0 Å². The van der Waals surface area contributed by atoms with Crippen LogP contribution in [0.25, 0.3) is 0 Å². The summed E-state index contributed by atoms with van der Waals surface area (Å²) in [5, 5.41) is 3.39. The number of amides is 1. The number of nitrogens with zero attached hydrogens (tertiary/aromatic N) is 1. The van der Waals surface area contributed by atoms with Crippen molar-refractivity contribution in [1.82, 2.24) is 10.2 Å². The molecule has 0 bridgehead atoms. The van der Waals surface area contributed by atoms with Gasteiger partial charge in [0.2, 0.25) is 5.91 Å². The molecule has 0 aromatic rings. The lowest BCUT2D eigenvalue weighted by atomic mass is 9.95. The first kappa shape index (κ1) is 14.5. The first-order valence-corrected chi connectivity index (χ1v) is 7.20. The summed E-state index contributed by atoms with van der Waals surface area (Å²) in [6.07, 6.45) is 5.99. The molecule has 100 valence electrons. The summed E-state index contributed by atoms with van der Waals surface area (Å²) >= 11 is 0. The number of rotatable bonds is 6. The molecule has 0 aromatic heterocycles. The molecule has 1 aliphatic rings. The number of carbonyl (C=O) groups excluding carboxylic acids is 1. The molecule has 1 fully saturated rings. The van der Waals surface area contributed by atoms with E-state index in [1.165, 1.54) is 32.1 Å². The zero-order valence-corrected chi connectivity index (χ0v) is 11.7. The standard InChI is InChI=1S/C14H28N2O/c1-4-13(5-2)12(3)15-11-14(17)16-9-7-6-8-10-16/h12-13,15H,4-11H2,1-3H3. The molecule has 3 heteroatoms. The molecule has 1 rings (SSSR count). The second kappa shape index (κ2) is 7.70. The van der Waals surface area contributed by atoms with E-state index in [1.54, 1.807) is 0 Å². The SMILES string of the molecule is CCC(CC)C(C)NCC(=O)N1CCCCC1. The van der Waals surface area contributed by atoms with Crippen molar-refractivity contribution in [3.63, 3.8) is 0 Å². The predicted octanol–water partition coefficient (Wildman–Crippen LogP) is 2.41. The molecule has 0 spiro atoms. The van der Waals surface area contributed by atoms with Crippen molar-refractivity contribution in [2.24, 2.45) is 5.92 Å². The molecule has 1 saturated heterocycles. The van der Waals surface area contributed by atoms with E-state index >= 15 is 0 Å². The molecule has 0 saturated carbocycles. The van der Waals surface area contributed by atoms with Crippen LogP contribution in [-0.4, -0.2) is 36.5 Å². The molecule has 1 heterocycles. The maximum Gasteiger partial charge on any atom is 0.236 e. The topological polar surface area (TPSA) is 32.3 Å². The lowest BCUT2D eigenvalue weighted by Crippen LogP contribution is -2.44. The number of hydrogen-bond donors (Lipinski definition) is 1. The van der Waals surface area contributed by atoms with Crippen LogP contribution in [0.4, 0.5) is 0 Å². The Morgan fingerprint density at radius 3 is 2.29 bits per heavy atom. The van der Waals surface area contributed by atoms with Crippen LogP contribution in [0, 0.1) is 5.92 Å². The minimum Gasteiger partial charge on any atom is -0.342 e. The Labute approximate surface area is 106 Å². The summed E-state index contributed by atoms with van der Waals surface area (Å²) in [6, 6.07) is 0.443. The predicted molar refractivity (Wildman–Crippen MR) is 72.0 cm³/mol. The van der Waals surface area contributed by atoms with Crippen LogP contribution in [-0.2, 0) is 4.79 Å². The number of carbonyl (C=O) groups is 1. The third-order valence-corrected chi connectivity index (χ3v) is 4.04. The molecule has 1 unspecified atom stereocenters. The summed E-state index contributed by atoms with van der Waals surface area (Å²) in [4.78, 5) is 14.0. The van der Waals surface area contributed by atoms with Gasteiger partial charge < -0.3 is 10.2 Å². The van der Waals surface area contributed by atoms with Gasteiger partial charge in [0.25, 0.3) is 0 Å². The normalized spacial score (nSPS) is 18.5. The third kappa shape index (κ3) is 4.66. The number of likely N-dealkylation sites (tertiary alicyclic amines) is 1. The van der Waals surface area contributed by atoms with Crippen molar-refractivity contribution in [1.29, 1.82) is 0 Å². The van der Waals surface area contributed by atoms with Gasteiger partial charge in [-0.15, -0.1) is 0 Å². The van der Waals surface area contributed by atoms with E-state index in [0.29, 0.717) is 18.5 Å². The average molecular weight is 240 g/mol. The molecule has 0 aromatic carbocycles. The van der Waals surface area contributed by atoms with Crippen LogP contribution in [0.15, 0.2) is 0 Å². The monoisotopic (exact) mass is 240 g/mol. The first-order chi connectivity index (χ1) is 8.19. The average Bonchev–Trinajstić information content (AvgIpc) is 2.38. The minimum atomic E-state index is 0.280. The Morgan fingerprint density at radius 1 is 1.18 bits per heavy atom. The maximum absolute atomic E-state index is 12.0. The minimum absolute atomic E-state index is 0.280. The van der Waals surface area contributed by atoms with Gasteiger partial charge in [0.05, 0.1) is 6.54 Å². The van der Waals surface area contributed by atoms with Crippen LogP contribution in [0.3, 0.4) is 0 Å². The smallest absolute Gasteiger partial charge is 0.236 e. The van der Waals surface area contributed by atoms with Crippen molar-refractivity contribution in [3.05, 3.63) is 0 Å². The lowest BCUT2D eigenvalue weighted by molar-refractivity contribution is -0.131. The number of piperidine rings is 1. The second-order valence-electron chi connectivity index (χ2n) is 5.19. The van der Waals surface area contributed by atoms with Crippen LogP contribution >= 0.6 is 0 Å². The Kier molecular flexibility index (Phi) is 6.56. The largest absolute Gasteiger partial charge is 0.342 e. The third-order valence-electron chi connectivity index (χ3n) is 4.04. The van der Waals surface area contributed by atoms with E-state index in [0.717, 1.165) is 13.1 Å². The molecule has 0 aliphatic carbocycles. The van der Waals surface area contributed by atoms with Crippen LogP contribution in [0.5, 0.6) is 0 Å². The number of hydrogen-bond acceptors (Lipinski definition) is 2. The Morgan fingerprint density at radius 2 is 1.76 bits per heavy atom. The molecule has 1 amide bonds. The van der Waals surface area contributed by atoms with Gasteiger partial charge in [-0.2, -0.15) is 0 Å². The van der Waals surface area contributed by atoms with Gasteiger partial charge in [0.15, 0.2) is 0 Å². The Hall–Kier alpha value is -0.570. The highest BCUT2D eigenvalue weighted by atomic mass is 16.2. The summed E-state index contributed by atoms with van der Waals surface area (Å²) in [6.45, 7) is 9.07. The molecule has 17 heavy (non-hydrogen) atoms. The first-order valence-electron chi connectivity index (χ1n) is 7.20. The van der Waals surface area contributed by atoms with E-state index in [9.17, 15) is 4.79 Å². The summed E-state index contributed by atoms with van der Waals surface area (Å²) < 4.78 is 0. The zero-order valence-electron chi connectivity index (χ0n) is 11.7. The Bertz CT molecular complexity index is 220. The highest BCUT2D eigenvalue weighted by Gasteiger charge is 2.18. The highest BCUT2D eigenvalue weighted by molar-refractivity contribution is 5.78. The van der Waals surface area contributed by atoms with Gasteiger partial charge >= 0.3 is 0 Å².